The molecule has 48 heavy (non-hydrogen) atoms. The summed E-state index contributed by atoms with van der Waals surface area (Å²) >= 11 is 0. The summed E-state index contributed by atoms with van der Waals surface area (Å²) in [6.45, 7) is 15.1. The molecule has 7 aromatic rings. The number of nitrogens with zero attached hydrogens (tertiary/aromatic N) is 7. The molecule has 4 aromatic carbocycles. The van der Waals surface area contributed by atoms with Gasteiger partial charge in [-0.1, -0.05) is 94.4 Å². The molecule has 3 aromatic heterocycles. The van der Waals surface area contributed by atoms with E-state index in [-0.39, 0.29) is 31.9 Å². The standard InChI is InChI=1S/C39H34N7O.Pt/c1-38(2,3)25-17-18-40-36(21-25)46-34-14-10-7-11-30(34)31-16-15-28(23-35(31)46)47-29-20-26(39(4,5)6)19-27(22-29)44-24-45-37(41-42-43-45)32-12-8-9-13-33(32)44;/h7-21,24H,1-6H3;/q-3;. The Kier molecular flexibility index (Phi) is 7.67. The molecule has 0 spiro atoms. The Morgan fingerprint density at radius 1 is 0.750 bits per heavy atom. The van der Waals surface area contributed by atoms with Crippen LogP contribution in [0.1, 0.15) is 52.7 Å². The van der Waals surface area contributed by atoms with Gasteiger partial charge in [0.05, 0.1) is 0 Å². The summed E-state index contributed by atoms with van der Waals surface area (Å²) in [5.41, 5.74) is 6.84. The number of ether oxygens (including phenoxy) is 1. The van der Waals surface area contributed by atoms with Crippen LogP contribution in [-0.4, -0.2) is 29.8 Å². The quantitative estimate of drug-likeness (QED) is 0.166. The van der Waals surface area contributed by atoms with Crippen molar-refractivity contribution in [2.45, 2.75) is 52.4 Å². The predicted octanol–water partition coefficient (Wildman–Crippen LogP) is 8.94. The van der Waals surface area contributed by atoms with E-state index in [9.17, 15) is 0 Å². The number of benzene rings is 4. The van der Waals surface area contributed by atoms with Gasteiger partial charge >= 0.3 is 0 Å². The van der Waals surface area contributed by atoms with Crippen LogP contribution in [0, 0.1) is 18.8 Å². The minimum atomic E-state index is -0.152. The second kappa shape index (κ2) is 11.6. The number of aromatic nitrogens is 6. The van der Waals surface area contributed by atoms with Gasteiger partial charge in [0.25, 0.3) is 0 Å². The number of tetrazole rings is 1. The van der Waals surface area contributed by atoms with Gasteiger partial charge in [-0.3, -0.25) is 0 Å². The molecule has 0 fully saturated rings. The van der Waals surface area contributed by atoms with E-state index < -0.39 is 0 Å². The number of pyridine rings is 1. The summed E-state index contributed by atoms with van der Waals surface area (Å²) in [6, 6.07) is 36.2. The number of hydrogen-bond acceptors (Lipinski definition) is 6. The molecule has 1 aliphatic rings. The van der Waals surface area contributed by atoms with Gasteiger partial charge in [-0.25, -0.2) is 10.1 Å². The third-order valence-corrected chi connectivity index (χ3v) is 8.70. The van der Waals surface area contributed by atoms with E-state index >= 15 is 0 Å². The molecule has 0 saturated carbocycles. The second-order valence-corrected chi connectivity index (χ2v) is 14.0. The molecule has 0 aliphatic carbocycles. The van der Waals surface area contributed by atoms with E-state index in [0.29, 0.717) is 17.3 Å². The Morgan fingerprint density at radius 3 is 2.33 bits per heavy atom. The van der Waals surface area contributed by atoms with Gasteiger partial charge in [0.2, 0.25) is 0 Å². The van der Waals surface area contributed by atoms with Gasteiger partial charge in [0, 0.05) is 55.8 Å². The van der Waals surface area contributed by atoms with Gasteiger partial charge < -0.3 is 18.9 Å². The molecule has 0 radical (unpaired) electrons. The van der Waals surface area contributed by atoms with Crippen molar-refractivity contribution in [3.8, 4) is 28.7 Å². The Labute approximate surface area is 294 Å². The third-order valence-electron chi connectivity index (χ3n) is 8.70. The number of fused-ring (bicyclic) bond motifs is 6. The minimum Gasteiger partial charge on any atom is -0.509 e. The van der Waals surface area contributed by atoms with E-state index in [1.165, 1.54) is 5.56 Å². The fourth-order valence-corrected chi connectivity index (χ4v) is 6.13. The molecule has 1 aliphatic heterocycles. The van der Waals surface area contributed by atoms with Crippen LogP contribution in [0.5, 0.6) is 11.5 Å². The summed E-state index contributed by atoms with van der Waals surface area (Å²) in [5.74, 6) is 2.72. The van der Waals surface area contributed by atoms with Crippen molar-refractivity contribution < 1.29 is 25.8 Å². The summed E-state index contributed by atoms with van der Waals surface area (Å²) in [7, 11) is 0. The first-order valence-corrected chi connectivity index (χ1v) is 15.7. The zero-order chi connectivity index (χ0) is 32.5. The van der Waals surface area contributed by atoms with Crippen LogP contribution in [0.15, 0.2) is 91.1 Å². The van der Waals surface area contributed by atoms with Gasteiger partial charge in [0.15, 0.2) is 0 Å². The average Bonchev–Trinajstić information content (AvgIpc) is 3.66. The van der Waals surface area contributed by atoms with Crippen LogP contribution in [0.25, 0.3) is 39.0 Å². The molecule has 0 unspecified atom stereocenters. The van der Waals surface area contributed by atoms with Crippen molar-refractivity contribution in [3.63, 3.8) is 0 Å². The van der Waals surface area contributed by atoms with Crippen LogP contribution in [-0.2, 0) is 31.9 Å². The van der Waals surface area contributed by atoms with E-state index in [1.54, 1.807) is 4.68 Å². The van der Waals surface area contributed by atoms with Gasteiger partial charge in [-0.2, -0.15) is 6.07 Å². The molecule has 0 N–H and O–H groups in total. The van der Waals surface area contributed by atoms with Crippen molar-refractivity contribution in [2.24, 2.45) is 0 Å². The van der Waals surface area contributed by atoms with Gasteiger partial charge in [-0.05, 0) is 63.5 Å². The van der Waals surface area contributed by atoms with Crippen molar-refractivity contribution in [1.29, 1.82) is 0 Å². The maximum atomic E-state index is 6.63. The average molecular weight is 812 g/mol. The Bertz CT molecular complexity index is 2310. The maximum Gasteiger partial charge on any atom is 0.135 e. The monoisotopic (exact) mass is 811 g/mol. The Morgan fingerprint density at radius 2 is 1.52 bits per heavy atom. The fraction of sp³-hybridized carbons (Fsp3) is 0.205. The molecule has 8 rings (SSSR count). The zero-order valence-electron chi connectivity index (χ0n) is 27.6. The van der Waals surface area contributed by atoms with Crippen LogP contribution in [0.3, 0.4) is 0 Å². The first-order chi connectivity index (χ1) is 22.5. The molecule has 244 valence electrons. The number of hydrogen-bond donors (Lipinski definition) is 0. The predicted molar refractivity (Wildman–Crippen MR) is 185 cm³/mol. The summed E-state index contributed by atoms with van der Waals surface area (Å²) in [4.78, 5) is 6.87. The van der Waals surface area contributed by atoms with Crippen molar-refractivity contribution in [3.05, 3.63) is 121 Å². The summed E-state index contributed by atoms with van der Waals surface area (Å²) in [5, 5.41) is 14.6. The van der Waals surface area contributed by atoms with E-state index in [0.717, 1.165) is 50.1 Å². The normalized spacial score (nSPS) is 12.8. The molecule has 9 heteroatoms. The third kappa shape index (κ3) is 5.44. The van der Waals surface area contributed by atoms with E-state index in [4.69, 9.17) is 9.72 Å². The van der Waals surface area contributed by atoms with Crippen molar-refractivity contribution >= 4 is 33.2 Å². The molecule has 0 amide bonds. The minimum absolute atomic E-state index is 0. The number of rotatable bonds is 4. The SMILES string of the molecule is CC(C)(C)c1cc(Oc2[c-]c3c(cc2)c2ccccc2n3-c2cc(C(C)(C)C)ccn2)[c-]c(N2[CH-]n3nnnc3-c3ccccc32)c1.[Pt]. The second-order valence-electron chi connectivity index (χ2n) is 14.0. The Hall–Kier alpha value is -4.94. The summed E-state index contributed by atoms with van der Waals surface area (Å²) in [6.07, 6.45) is 1.89. The molecule has 4 heterocycles. The number of para-hydroxylation sites is 2. The summed E-state index contributed by atoms with van der Waals surface area (Å²) < 4.78 is 10.5. The van der Waals surface area contributed by atoms with Crippen molar-refractivity contribution in [1.82, 2.24) is 29.8 Å². The fourth-order valence-electron chi connectivity index (χ4n) is 6.13. The molecule has 8 nitrogen and oxygen atoms in total. The van der Waals surface area contributed by atoms with E-state index in [2.05, 4.69) is 139 Å². The first kappa shape index (κ1) is 31.6. The smallest absolute Gasteiger partial charge is 0.135 e. The van der Waals surface area contributed by atoms with Crippen LogP contribution in [0.2, 0.25) is 0 Å². The topological polar surface area (TPSA) is 73.9 Å². The number of anilines is 2. The molecular weight excluding hydrogens is 778 g/mol. The van der Waals surface area contributed by atoms with Crippen LogP contribution < -0.4 is 9.64 Å². The molecule has 0 atom stereocenters. The largest absolute Gasteiger partial charge is 0.509 e. The van der Waals surface area contributed by atoms with Crippen molar-refractivity contribution in [2.75, 3.05) is 4.90 Å². The molecular formula is C39H34N7OPt-3. The molecule has 0 saturated heterocycles. The molecule has 0 bridgehead atoms. The van der Waals surface area contributed by atoms with Gasteiger partial charge in [-0.15, -0.1) is 41.3 Å². The zero-order valence-corrected chi connectivity index (χ0v) is 29.9. The van der Waals surface area contributed by atoms with Crippen LogP contribution >= 0.6 is 0 Å². The first-order valence-electron chi connectivity index (χ1n) is 15.7. The van der Waals surface area contributed by atoms with Gasteiger partial charge in [0.1, 0.15) is 5.82 Å². The maximum absolute atomic E-state index is 6.63. The van der Waals surface area contributed by atoms with E-state index in [1.807, 2.05) is 37.1 Å². The van der Waals surface area contributed by atoms with Crippen LogP contribution in [0.4, 0.5) is 11.4 Å². The Balaban J connectivity index is 0.00000364.